The first kappa shape index (κ1) is 9.26. The molecule has 2 aromatic rings. The first-order chi connectivity index (χ1) is 7.16. The Morgan fingerprint density at radius 2 is 2.20 bits per heavy atom. The molecule has 0 saturated heterocycles. The molecule has 5 heteroatoms. The van der Waals surface area contributed by atoms with Gasteiger partial charge in [-0.2, -0.15) is 5.10 Å². The number of nitrogens with two attached hydrogens (primary N) is 1. The average molecular weight is 203 g/mol. The fourth-order valence-electron chi connectivity index (χ4n) is 1.31. The van der Waals surface area contributed by atoms with Crippen LogP contribution in [0.4, 0.5) is 5.69 Å². The summed E-state index contributed by atoms with van der Waals surface area (Å²) in [5, 5.41) is 12.8. The summed E-state index contributed by atoms with van der Waals surface area (Å²) < 4.78 is 1.56. The number of aromatic carboxylic acids is 1. The number of anilines is 1. The Balaban J connectivity index is 2.54. The highest BCUT2D eigenvalue weighted by molar-refractivity contribution is 5.89. The van der Waals surface area contributed by atoms with Gasteiger partial charge in [-0.15, -0.1) is 0 Å². The number of benzene rings is 1. The number of rotatable bonds is 2. The van der Waals surface area contributed by atoms with E-state index in [9.17, 15) is 4.79 Å². The molecule has 1 heterocycles. The Kier molecular flexibility index (Phi) is 2.13. The van der Waals surface area contributed by atoms with E-state index in [-0.39, 0.29) is 5.56 Å². The second-order valence-electron chi connectivity index (χ2n) is 3.07. The van der Waals surface area contributed by atoms with Crippen LogP contribution >= 0.6 is 0 Å². The standard InChI is InChI=1S/C10H9N3O2/c11-8-4-7(10(14)15)5-9(6-8)13-3-1-2-12-13/h1-6H,11H2,(H,14,15). The zero-order valence-corrected chi connectivity index (χ0v) is 7.79. The number of carboxylic acids is 1. The van der Waals surface area contributed by atoms with Gasteiger partial charge in [-0.05, 0) is 24.3 Å². The summed E-state index contributed by atoms with van der Waals surface area (Å²) >= 11 is 0. The number of hydrogen-bond acceptors (Lipinski definition) is 3. The van der Waals surface area contributed by atoms with Crippen LogP contribution in [0.15, 0.2) is 36.7 Å². The van der Waals surface area contributed by atoms with Crippen molar-refractivity contribution in [3.63, 3.8) is 0 Å². The van der Waals surface area contributed by atoms with Gasteiger partial charge in [0.05, 0.1) is 11.3 Å². The molecule has 0 amide bonds. The molecule has 3 N–H and O–H groups in total. The molecule has 5 nitrogen and oxygen atoms in total. The number of aromatic nitrogens is 2. The normalized spacial score (nSPS) is 10.1. The van der Waals surface area contributed by atoms with Gasteiger partial charge in [0.25, 0.3) is 0 Å². The molecule has 15 heavy (non-hydrogen) atoms. The highest BCUT2D eigenvalue weighted by Crippen LogP contribution is 2.15. The highest BCUT2D eigenvalue weighted by atomic mass is 16.4. The Labute approximate surface area is 85.8 Å². The van der Waals surface area contributed by atoms with Crippen LogP contribution in [0.25, 0.3) is 5.69 Å². The zero-order chi connectivity index (χ0) is 10.8. The maximum absolute atomic E-state index is 10.8. The van der Waals surface area contributed by atoms with Crippen molar-refractivity contribution in [2.45, 2.75) is 0 Å². The number of nitrogen functional groups attached to an aromatic ring is 1. The van der Waals surface area contributed by atoms with E-state index in [1.54, 1.807) is 29.2 Å². The molecule has 1 aromatic heterocycles. The lowest BCUT2D eigenvalue weighted by Gasteiger charge is -2.04. The largest absolute Gasteiger partial charge is 0.478 e. The first-order valence-corrected chi connectivity index (χ1v) is 4.31. The Morgan fingerprint density at radius 1 is 1.40 bits per heavy atom. The third-order valence-corrected chi connectivity index (χ3v) is 1.96. The lowest BCUT2D eigenvalue weighted by atomic mass is 10.2. The van der Waals surface area contributed by atoms with Crippen LogP contribution in [0.3, 0.4) is 0 Å². The van der Waals surface area contributed by atoms with E-state index in [1.165, 1.54) is 12.1 Å². The van der Waals surface area contributed by atoms with Gasteiger partial charge in [-0.1, -0.05) is 0 Å². The molecule has 0 fully saturated rings. The molecule has 0 aliphatic rings. The molecule has 0 aliphatic carbocycles. The summed E-state index contributed by atoms with van der Waals surface area (Å²) in [5.74, 6) is -1.00. The van der Waals surface area contributed by atoms with Crippen LogP contribution in [-0.2, 0) is 0 Å². The Hall–Kier alpha value is -2.30. The maximum atomic E-state index is 10.8. The minimum atomic E-state index is -1.00. The van der Waals surface area contributed by atoms with Crippen LogP contribution in [0.5, 0.6) is 0 Å². The molecule has 1 aromatic carbocycles. The van der Waals surface area contributed by atoms with Crippen LogP contribution in [0, 0.1) is 0 Å². The van der Waals surface area contributed by atoms with Gasteiger partial charge in [0.15, 0.2) is 0 Å². The lowest BCUT2D eigenvalue weighted by Crippen LogP contribution is -2.02. The zero-order valence-electron chi connectivity index (χ0n) is 7.79. The van der Waals surface area contributed by atoms with Crippen molar-refractivity contribution < 1.29 is 9.90 Å². The molecule has 0 saturated carbocycles. The topological polar surface area (TPSA) is 81.1 Å². The first-order valence-electron chi connectivity index (χ1n) is 4.31. The minimum Gasteiger partial charge on any atom is -0.478 e. The number of nitrogens with zero attached hydrogens (tertiary/aromatic N) is 2. The smallest absolute Gasteiger partial charge is 0.335 e. The fourth-order valence-corrected chi connectivity index (χ4v) is 1.31. The predicted molar refractivity (Wildman–Crippen MR) is 54.9 cm³/mol. The van der Waals surface area contributed by atoms with Crippen molar-refractivity contribution in [1.29, 1.82) is 0 Å². The third-order valence-electron chi connectivity index (χ3n) is 1.96. The molecule has 0 radical (unpaired) electrons. The van der Waals surface area contributed by atoms with Gasteiger partial charge in [-0.3, -0.25) is 0 Å². The number of hydrogen-bond donors (Lipinski definition) is 2. The van der Waals surface area contributed by atoms with Crippen molar-refractivity contribution in [2.24, 2.45) is 0 Å². The maximum Gasteiger partial charge on any atom is 0.335 e. The van der Waals surface area contributed by atoms with Gasteiger partial charge in [0.2, 0.25) is 0 Å². The summed E-state index contributed by atoms with van der Waals surface area (Å²) in [6.45, 7) is 0. The second-order valence-corrected chi connectivity index (χ2v) is 3.07. The molecule has 0 aliphatic heterocycles. The molecule has 0 spiro atoms. The van der Waals surface area contributed by atoms with E-state index in [0.717, 1.165) is 0 Å². The molecule has 0 unspecified atom stereocenters. The van der Waals surface area contributed by atoms with Gasteiger partial charge < -0.3 is 10.8 Å². The third kappa shape index (κ3) is 1.80. The second kappa shape index (κ2) is 3.45. The number of carboxylic acid groups (broad SMARTS) is 1. The van der Waals surface area contributed by atoms with Crippen LogP contribution in [0.1, 0.15) is 10.4 Å². The summed E-state index contributed by atoms with van der Waals surface area (Å²) in [5.41, 5.74) is 6.79. The van der Waals surface area contributed by atoms with Crippen molar-refractivity contribution in [1.82, 2.24) is 9.78 Å². The fraction of sp³-hybridized carbons (Fsp3) is 0. The summed E-state index contributed by atoms with van der Waals surface area (Å²) in [6.07, 6.45) is 3.34. The van der Waals surface area contributed by atoms with Crippen LogP contribution in [-0.4, -0.2) is 20.9 Å². The van der Waals surface area contributed by atoms with E-state index in [4.69, 9.17) is 10.8 Å². The minimum absolute atomic E-state index is 0.153. The van der Waals surface area contributed by atoms with Crippen LogP contribution in [0.2, 0.25) is 0 Å². The predicted octanol–water partition coefficient (Wildman–Crippen LogP) is 1.15. The quantitative estimate of drug-likeness (QED) is 0.717. The van der Waals surface area contributed by atoms with Crippen molar-refractivity contribution in [3.05, 3.63) is 42.2 Å². The molecule has 76 valence electrons. The van der Waals surface area contributed by atoms with E-state index in [1.807, 2.05) is 0 Å². The van der Waals surface area contributed by atoms with E-state index in [2.05, 4.69) is 5.10 Å². The molecular formula is C10H9N3O2. The van der Waals surface area contributed by atoms with Crippen molar-refractivity contribution >= 4 is 11.7 Å². The summed E-state index contributed by atoms with van der Waals surface area (Å²) in [4.78, 5) is 10.8. The van der Waals surface area contributed by atoms with E-state index >= 15 is 0 Å². The Morgan fingerprint density at radius 3 is 2.80 bits per heavy atom. The van der Waals surface area contributed by atoms with Gasteiger partial charge >= 0.3 is 5.97 Å². The average Bonchev–Trinajstić information content (AvgIpc) is 2.69. The number of carbonyl (C=O) groups is 1. The van der Waals surface area contributed by atoms with Crippen LogP contribution < -0.4 is 5.73 Å². The SMILES string of the molecule is Nc1cc(C(=O)O)cc(-n2cccn2)c1. The van der Waals surface area contributed by atoms with Gasteiger partial charge in [-0.25, -0.2) is 9.48 Å². The highest BCUT2D eigenvalue weighted by Gasteiger charge is 2.06. The molecule has 0 bridgehead atoms. The monoisotopic (exact) mass is 203 g/mol. The van der Waals surface area contributed by atoms with Gasteiger partial charge in [0, 0.05) is 18.1 Å². The van der Waals surface area contributed by atoms with E-state index in [0.29, 0.717) is 11.4 Å². The van der Waals surface area contributed by atoms with Gasteiger partial charge in [0.1, 0.15) is 0 Å². The molecular weight excluding hydrogens is 194 g/mol. The van der Waals surface area contributed by atoms with E-state index < -0.39 is 5.97 Å². The van der Waals surface area contributed by atoms with Crippen molar-refractivity contribution in [2.75, 3.05) is 5.73 Å². The summed E-state index contributed by atoms with van der Waals surface area (Å²) in [7, 11) is 0. The Bertz CT molecular complexity index is 491. The lowest BCUT2D eigenvalue weighted by molar-refractivity contribution is 0.0697. The molecule has 0 atom stereocenters. The molecule has 2 rings (SSSR count). The summed E-state index contributed by atoms with van der Waals surface area (Å²) in [6, 6.07) is 6.35. The van der Waals surface area contributed by atoms with Crippen molar-refractivity contribution in [3.8, 4) is 5.69 Å².